The summed E-state index contributed by atoms with van der Waals surface area (Å²) < 4.78 is 0.925. The molecule has 0 fully saturated rings. The number of H-pyrrole nitrogens is 1. The van der Waals surface area contributed by atoms with Crippen LogP contribution in [0.25, 0.3) is 10.9 Å². The molecule has 3 rings (SSSR count). The highest BCUT2D eigenvalue weighted by atomic mass is 127. The normalized spacial score (nSPS) is 10.6. The van der Waals surface area contributed by atoms with E-state index in [2.05, 4.69) is 38.1 Å². The maximum Gasteiger partial charge on any atom is 0.256 e. The predicted molar refractivity (Wildman–Crippen MR) is 83.2 cm³/mol. The number of aromatic nitrogens is 2. The number of nitrogens with zero attached hydrogens (tertiary/aromatic N) is 1. The molecule has 0 spiro atoms. The van der Waals surface area contributed by atoms with Crippen molar-refractivity contribution in [2.24, 2.45) is 0 Å². The number of carbonyl (C=O) groups is 1. The number of fused-ring (bicyclic) bond motifs is 1. The fourth-order valence-electron chi connectivity index (χ4n) is 1.91. The van der Waals surface area contributed by atoms with Crippen molar-refractivity contribution in [2.45, 2.75) is 0 Å². The smallest absolute Gasteiger partial charge is 0.256 e. The Morgan fingerprint density at radius 1 is 1.16 bits per heavy atom. The quantitative estimate of drug-likeness (QED) is 0.686. The van der Waals surface area contributed by atoms with Gasteiger partial charge in [-0.25, -0.2) is 0 Å². The Hall–Kier alpha value is -1.89. The maximum atomic E-state index is 12.3. The Morgan fingerprint density at radius 2 is 2.00 bits per heavy atom. The van der Waals surface area contributed by atoms with Gasteiger partial charge in [0.25, 0.3) is 5.91 Å². The fraction of sp³-hybridized carbons (Fsp3) is 0. The van der Waals surface area contributed by atoms with Gasteiger partial charge in [0.05, 0.1) is 23.0 Å². The summed E-state index contributed by atoms with van der Waals surface area (Å²) in [6.07, 6.45) is 1.73. The summed E-state index contributed by atoms with van der Waals surface area (Å²) in [5.41, 5.74) is 2.24. The molecule has 0 aliphatic heterocycles. The molecule has 3 aromatic rings. The van der Waals surface area contributed by atoms with Crippen LogP contribution in [0.3, 0.4) is 0 Å². The van der Waals surface area contributed by atoms with Crippen molar-refractivity contribution in [1.82, 2.24) is 10.2 Å². The molecule has 1 heterocycles. The average Bonchev–Trinajstić information content (AvgIpc) is 2.88. The number of nitrogens with one attached hydrogen (secondary N) is 2. The van der Waals surface area contributed by atoms with E-state index in [-0.39, 0.29) is 5.91 Å². The van der Waals surface area contributed by atoms with Gasteiger partial charge in [0.1, 0.15) is 0 Å². The zero-order chi connectivity index (χ0) is 13.2. The average molecular weight is 363 g/mol. The molecule has 0 saturated heterocycles. The second-order valence-electron chi connectivity index (χ2n) is 4.07. The lowest BCUT2D eigenvalue weighted by Crippen LogP contribution is -2.13. The van der Waals surface area contributed by atoms with Crippen molar-refractivity contribution in [2.75, 3.05) is 5.32 Å². The van der Waals surface area contributed by atoms with E-state index in [9.17, 15) is 4.79 Å². The lowest BCUT2D eigenvalue weighted by Gasteiger charge is -2.07. The summed E-state index contributed by atoms with van der Waals surface area (Å²) >= 11 is 2.15. The summed E-state index contributed by atoms with van der Waals surface area (Å²) in [6.45, 7) is 0. The molecule has 1 aromatic heterocycles. The van der Waals surface area contributed by atoms with E-state index in [0.29, 0.717) is 5.56 Å². The van der Waals surface area contributed by atoms with Gasteiger partial charge in [0.2, 0.25) is 0 Å². The number of halogens is 1. The van der Waals surface area contributed by atoms with Gasteiger partial charge in [-0.3, -0.25) is 9.89 Å². The number of amides is 1. The summed E-state index contributed by atoms with van der Waals surface area (Å²) in [4.78, 5) is 12.3. The third-order valence-electron chi connectivity index (χ3n) is 2.84. The van der Waals surface area contributed by atoms with Crippen LogP contribution in [0, 0.1) is 3.57 Å². The van der Waals surface area contributed by atoms with Gasteiger partial charge < -0.3 is 5.32 Å². The Bertz CT molecular complexity index is 751. The van der Waals surface area contributed by atoms with Crippen LogP contribution in [0.5, 0.6) is 0 Å². The van der Waals surface area contributed by atoms with Crippen molar-refractivity contribution in [3.8, 4) is 0 Å². The van der Waals surface area contributed by atoms with E-state index in [1.54, 1.807) is 6.20 Å². The highest BCUT2D eigenvalue weighted by molar-refractivity contribution is 14.1. The Kier molecular flexibility index (Phi) is 3.20. The van der Waals surface area contributed by atoms with Crippen LogP contribution in [0.1, 0.15) is 10.4 Å². The van der Waals surface area contributed by atoms with E-state index in [1.165, 1.54) is 0 Å². The molecule has 2 aromatic carbocycles. The molecule has 4 nitrogen and oxygen atoms in total. The van der Waals surface area contributed by atoms with Crippen LogP contribution < -0.4 is 5.32 Å². The Balaban J connectivity index is 1.95. The SMILES string of the molecule is O=C(Nc1cccc2cn[nH]c12)c1ccccc1I. The lowest BCUT2D eigenvalue weighted by atomic mass is 10.2. The molecule has 0 atom stereocenters. The zero-order valence-corrected chi connectivity index (χ0v) is 12.0. The van der Waals surface area contributed by atoms with Gasteiger partial charge >= 0.3 is 0 Å². The molecular weight excluding hydrogens is 353 g/mol. The van der Waals surface area contributed by atoms with Crippen molar-refractivity contribution in [3.63, 3.8) is 0 Å². The van der Waals surface area contributed by atoms with Crippen molar-refractivity contribution in [1.29, 1.82) is 0 Å². The van der Waals surface area contributed by atoms with Crippen LogP contribution in [0.4, 0.5) is 5.69 Å². The minimum absolute atomic E-state index is 0.118. The first-order chi connectivity index (χ1) is 9.25. The molecule has 2 N–H and O–H groups in total. The fourth-order valence-corrected chi connectivity index (χ4v) is 2.54. The topological polar surface area (TPSA) is 57.8 Å². The van der Waals surface area contributed by atoms with E-state index in [1.807, 2.05) is 42.5 Å². The molecule has 1 amide bonds. The van der Waals surface area contributed by atoms with Crippen LogP contribution in [0.15, 0.2) is 48.7 Å². The van der Waals surface area contributed by atoms with Gasteiger partial charge in [0.15, 0.2) is 0 Å². The minimum Gasteiger partial charge on any atom is -0.320 e. The lowest BCUT2D eigenvalue weighted by molar-refractivity contribution is 0.102. The Morgan fingerprint density at radius 3 is 2.84 bits per heavy atom. The van der Waals surface area contributed by atoms with Gasteiger partial charge in [0, 0.05) is 8.96 Å². The molecule has 0 radical (unpaired) electrons. The highest BCUT2D eigenvalue weighted by Crippen LogP contribution is 2.22. The summed E-state index contributed by atoms with van der Waals surface area (Å²) in [5.74, 6) is -0.118. The number of rotatable bonds is 2. The molecule has 5 heteroatoms. The van der Waals surface area contributed by atoms with Crippen LogP contribution in [0.2, 0.25) is 0 Å². The van der Waals surface area contributed by atoms with Crippen molar-refractivity contribution >= 4 is 45.1 Å². The first kappa shape index (κ1) is 12.2. The number of para-hydroxylation sites is 1. The second kappa shape index (κ2) is 5.00. The van der Waals surface area contributed by atoms with Gasteiger partial charge in [-0.15, -0.1) is 0 Å². The first-order valence-electron chi connectivity index (χ1n) is 5.73. The number of hydrogen-bond acceptors (Lipinski definition) is 2. The monoisotopic (exact) mass is 363 g/mol. The third kappa shape index (κ3) is 2.33. The third-order valence-corrected chi connectivity index (χ3v) is 3.78. The minimum atomic E-state index is -0.118. The van der Waals surface area contributed by atoms with E-state index >= 15 is 0 Å². The second-order valence-corrected chi connectivity index (χ2v) is 5.24. The van der Waals surface area contributed by atoms with Crippen LogP contribution >= 0.6 is 22.6 Å². The first-order valence-corrected chi connectivity index (χ1v) is 6.81. The number of hydrogen-bond donors (Lipinski definition) is 2. The largest absolute Gasteiger partial charge is 0.320 e. The maximum absolute atomic E-state index is 12.3. The van der Waals surface area contributed by atoms with Gasteiger partial charge in [-0.2, -0.15) is 5.10 Å². The molecule has 94 valence electrons. The number of anilines is 1. The predicted octanol–water partition coefficient (Wildman–Crippen LogP) is 3.42. The van der Waals surface area contributed by atoms with Crippen molar-refractivity contribution in [3.05, 3.63) is 57.8 Å². The van der Waals surface area contributed by atoms with E-state index in [0.717, 1.165) is 20.2 Å². The standard InChI is InChI=1S/C14H10IN3O/c15-11-6-2-1-5-10(11)14(19)17-12-7-3-4-9-8-16-18-13(9)12/h1-8H,(H,16,18)(H,17,19). The highest BCUT2D eigenvalue weighted by Gasteiger charge is 2.11. The summed E-state index contributed by atoms with van der Waals surface area (Å²) in [5, 5.41) is 10.8. The van der Waals surface area contributed by atoms with Gasteiger partial charge in [-0.05, 0) is 40.8 Å². The number of benzene rings is 2. The molecule has 19 heavy (non-hydrogen) atoms. The molecule has 0 unspecified atom stereocenters. The zero-order valence-electron chi connectivity index (χ0n) is 9.85. The van der Waals surface area contributed by atoms with E-state index in [4.69, 9.17) is 0 Å². The van der Waals surface area contributed by atoms with Crippen molar-refractivity contribution < 1.29 is 4.79 Å². The van der Waals surface area contributed by atoms with E-state index < -0.39 is 0 Å². The van der Waals surface area contributed by atoms with Gasteiger partial charge in [-0.1, -0.05) is 24.3 Å². The Labute approximate surface area is 123 Å². The van der Waals surface area contributed by atoms with Crippen LogP contribution in [-0.4, -0.2) is 16.1 Å². The number of aromatic amines is 1. The van der Waals surface area contributed by atoms with Crippen LogP contribution in [-0.2, 0) is 0 Å². The molecule has 0 aliphatic rings. The summed E-state index contributed by atoms with van der Waals surface area (Å²) in [7, 11) is 0. The summed E-state index contributed by atoms with van der Waals surface area (Å²) in [6, 6.07) is 13.2. The molecule has 0 bridgehead atoms. The molecule has 0 aliphatic carbocycles. The molecular formula is C14H10IN3O. The molecule has 0 saturated carbocycles. The number of carbonyl (C=O) groups excluding carboxylic acids is 1.